The van der Waals surface area contributed by atoms with Gasteiger partial charge in [-0.15, -0.1) is 0 Å². The molecule has 0 spiro atoms. The molecule has 0 bridgehead atoms. The van der Waals surface area contributed by atoms with E-state index in [0.717, 1.165) is 19.3 Å². The molecule has 7 heteroatoms. The van der Waals surface area contributed by atoms with Crippen molar-refractivity contribution >= 4 is 15.9 Å². The molecule has 0 saturated heterocycles. The lowest BCUT2D eigenvalue weighted by atomic mass is 9.97. The van der Waals surface area contributed by atoms with Gasteiger partial charge in [0.05, 0.1) is 12.5 Å². The van der Waals surface area contributed by atoms with Crippen LogP contribution in [0.15, 0.2) is 34.5 Å². The SMILES string of the molecule is CS(=O)(=O)N(CCNC(=O)c1ccco1)CCC1=CCCCC1. The van der Waals surface area contributed by atoms with E-state index in [9.17, 15) is 13.2 Å². The second kappa shape index (κ2) is 8.31. The lowest BCUT2D eigenvalue weighted by molar-refractivity contribution is 0.0924. The van der Waals surface area contributed by atoms with E-state index in [-0.39, 0.29) is 24.8 Å². The maximum absolute atomic E-state index is 11.9. The van der Waals surface area contributed by atoms with Gasteiger partial charge in [0.2, 0.25) is 10.0 Å². The summed E-state index contributed by atoms with van der Waals surface area (Å²) in [4.78, 5) is 11.8. The van der Waals surface area contributed by atoms with Gasteiger partial charge in [0, 0.05) is 19.6 Å². The average molecular weight is 340 g/mol. The van der Waals surface area contributed by atoms with E-state index in [1.54, 1.807) is 12.1 Å². The highest BCUT2D eigenvalue weighted by Gasteiger charge is 2.18. The van der Waals surface area contributed by atoms with Gasteiger partial charge in [-0.25, -0.2) is 12.7 Å². The number of carbonyl (C=O) groups is 1. The molecule has 1 heterocycles. The van der Waals surface area contributed by atoms with Crippen molar-refractivity contribution in [2.75, 3.05) is 25.9 Å². The molecule has 0 fully saturated rings. The molecule has 128 valence electrons. The van der Waals surface area contributed by atoms with Gasteiger partial charge in [-0.1, -0.05) is 11.6 Å². The number of sulfonamides is 1. The molecule has 6 nitrogen and oxygen atoms in total. The van der Waals surface area contributed by atoms with Gasteiger partial charge in [-0.2, -0.15) is 0 Å². The van der Waals surface area contributed by atoms with Gasteiger partial charge >= 0.3 is 0 Å². The lowest BCUT2D eigenvalue weighted by Gasteiger charge is -2.21. The van der Waals surface area contributed by atoms with Crippen molar-refractivity contribution in [1.82, 2.24) is 9.62 Å². The fourth-order valence-electron chi connectivity index (χ4n) is 2.63. The first-order chi connectivity index (χ1) is 11.0. The summed E-state index contributed by atoms with van der Waals surface area (Å²) >= 11 is 0. The van der Waals surface area contributed by atoms with Crippen molar-refractivity contribution in [2.45, 2.75) is 32.1 Å². The minimum Gasteiger partial charge on any atom is -0.459 e. The van der Waals surface area contributed by atoms with Gasteiger partial charge in [0.1, 0.15) is 0 Å². The summed E-state index contributed by atoms with van der Waals surface area (Å²) in [5, 5.41) is 2.67. The molecule has 0 unspecified atom stereocenters. The Morgan fingerprint density at radius 1 is 1.35 bits per heavy atom. The van der Waals surface area contributed by atoms with Gasteiger partial charge in [-0.3, -0.25) is 4.79 Å². The van der Waals surface area contributed by atoms with E-state index >= 15 is 0 Å². The van der Waals surface area contributed by atoms with E-state index in [4.69, 9.17) is 4.42 Å². The predicted octanol–water partition coefficient (Wildman–Crippen LogP) is 2.16. The quantitative estimate of drug-likeness (QED) is 0.736. The highest BCUT2D eigenvalue weighted by molar-refractivity contribution is 7.88. The Kier molecular flexibility index (Phi) is 6.41. The molecule has 0 saturated carbocycles. The van der Waals surface area contributed by atoms with Gasteiger partial charge in [-0.05, 0) is 44.2 Å². The lowest BCUT2D eigenvalue weighted by Crippen LogP contribution is -2.38. The molecule has 2 rings (SSSR count). The van der Waals surface area contributed by atoms with Crippen LogP contribution in [0.2, 0.25) is 0 Å². The second-order valence-electron chi connectivity index (χ2n) is 5.75. The summed E-state index contributed by atoms with van der Waals surface area (Å²) in [5.74, 6) is -0.110. The van der Waals surface area contributed by atoms with Crippen LogP contribution in [0.4, 0.5) is 0 Å². The number of hydrogen-bond acceptors (Lipinski definition) is 4. The van der Waals surface area contributed by atoms with Crippen LogP contribution in [0.25, 0.3) is 0 Å². The number of furan rings is 1. The number of hydrogen-bond donors (Lipinski definition) is 1. The Morgan fingerprint density at radius 2 is 2.17 bits per heavy atom. The van der Waals surface area contributed by atoms with Crippen LogP contribution in [-0.2, 0) is 10.0 Å². The minimum atomic E-state index is -3.29. The second-order valence-corrected chi connectivity index (χ2v) is 7.74. The zero-order valence-electron chi connectivity index (χ0n) is 13.5. The first kappa shape index (κ1) is 17.7. The smallest absolute Gasteiger partial charge is 0.287 e. The Morgan fingerprint density at radius 3 is 2.78 bits per heavy atom. The molecule has 1 N–H and O–H groups in total. The third-order valence-electron chi connectivity index (χ3n) is 3.93. The molecule has 1 amide bonds. The Hall–Kier alpha value is -1.60. The molecular formula is C16H24N2O4S. The summed E-state index contributed by atoms with van der Waals surface area (Å²) in [6, 6.07) is 3.20. The number of allylic oxidation sites excluding steroid dienone is 1. The van der Waals surface area contributed by atoms with Crippen molar-refractivity contribution in [3.63, 3.8) is 0 Å². The number of nitrogens with one attached hydrogen (secondary N) is 1. The molecule has 0 aromatic carbocycles. The van der Waals surface area contributed by atoms with Crippen LogP contribution in [-0.4, -0.2) is 44.5 Å². The molecule has 23 heavy (non-hydrogen) atoms. The summed E-state index contributed by atoms with van der Waals surface area (Å²) in [7, 11) is -3.29. The zero-order valence-corrected chi connectivity index (χ0v) is 14.3. The van der Waals surface area contributed by atoms with Crippen LogP contribution < -0.4 is 5.32 Å². The monoisotopic (exact) mass is 340 g/mol. The molecule has 1 aromatic rings. The fourth-order valence-corrected chi connectivity index (χ4v) is 3.48. The van der Waals surface area contributed by atoms with Crippen LogP contribution >= 0.6 is 0 Å². The minimum absolute atomic E-state index is 0.225. The highest BCUT2D eigenvalue weighted by Crippen LogP contribution is 2.20. The Bertz CT molecular complexity index is 635. The highest BCUT2D eigenvalue weighted by atomic mass is 32.2. The normalized spacial score (nSPS) is 15.5. The summed E-state index contributed by atoms with van der Waals surface area (Å²) in [6.45, 7) is 0.978. The van der Waals surface area contributed by atoms with Crippen LogP contribution in [0.5, 0.6) is 0 Å². The molecule has 1 aromatic heterocycles. The van der Waals surface area contributed by atoms with E-state index in [2.05, 4.69) is 11.4 Å². The molecule has 0 atom stereocenters. The van der Waals surface area contributed by atoms with Gasteiger partial charge in [0.25, 0.3) is 5.91 Å². The van der Waals surface area contributed by atoms with E-state index < -0.39 is 10.0 Å². The number of amides is 1. The first-order valence-electron chi connectivity index (χ1n) is 7.91. The van der Waals surface area contributed by atoms with Gasteiger partial charge in [0.15, 0.2) is 5.76 Å². The molecule has 1 aliphatic rings. The van der Waals surface area contributed by atoms with E-state index in [0.29, 0.717) is 6.54 Å². The van der Waals surface area contributed by atoms with E-state index in [1.165, 1.54) is 35.2 Å². The number of carbonyl (C=O) groups excluding carboxylic acids is 1. The topological polar surface area (TPSA) is 79.6 Å². The largest absolute Gasteiger partial charge is 0.459 e. The standard InChI is InChI=1S/C16H24N2O4S/c1-23(20,21)18(11-9-14-6-3-2-4-7-14)12-10-17-16(19)15-8-5-13-22-15/h5-6,8,13H,2-4,7,9-12H2,1H3,(H,17,19). The Labute approximate surface area is 137 Å². The van der Waals surface area contributed by atoms with Crippen molar-refractivity contribution < 1.29 is 17.6 Å². The maximum atomic E-state index is 11.9. The molecule has 0 aliphatic heterocycles. The first-order valence-corrected chi connectivity index (χ1v) is 9.76. The summed E-state index contributed by atoms with van der Waals surface area (Å²) in [5.41, 5.74) is 1.34. The fraction of sp³-hybridized carbons (Fsp3) is 0.562. The summed E-state index contributed by atoms with van der Waals surface area (Å²) < 4.78 is 30.2. The van der Waals surface area contributed by atoms with Gasteiger partial charge < -0.3 is 9.73 Å². The van der Waals surface area contributed by atoms with Crippen LogP contribution in [0.3, 0.4) is 0 Å². The Balaban J connectivity index is 1.81. The van der Waals surface area contributed by atoms with Crippen molar-refractivity contribution in [3.8, 4) is 0 Å². The molecule has 0 radical (unpaired) electrons. The number of nitrogens with zero attached hydrogens (tertiary/aromatic N) is 1. The van der Waals surface area contributed by atoms with Crippen LogP contribution in [0, 0.1) is 0 Å². The van der Waals surface area contributed by atoms with Crippen molar-refractivity contribution in [2.24, 2.45) is 0 Å². The third kappa shape index (κ3) is 5.84. The predicted molar refractivity (Wildman–Crippen MR) is 88.6 cm³/mol. The van der Waals surface area contributed by atoms with Crippen molar-refractivity contribution in [1.29, 1.82) is 0 Å². The maximum Gasteiger partial charge on any atom is 0.287 e. The molecular weight excluding hydrogens is 316 g/mol. The van der Waals surface area contributed by atoms with E-state index in [1.807, 2.05) is 0 Å². The van der Waals surface area contributed by atoms with Crippen LogP contribution in [0.1, 0.15) is 42.7 Å². The molecule has 1 aliphatic carbocycles. The average Bonchev–Trinajstić information content (AvgIpc) is 3.04. The summed E-state index contributed by atoms with van der Waals surface area (Å²) in [6.07, 6.45) is 10.2. The zero-order chi connectivity index (χ0) is 16.7. The number of rotatable bonds is 8. The van der Waals surface area contributed by atoms with Crippen molar-refractivity contribution in [3.05, 3.63) is 35.8 Å². The third-order valence-corrected chi connectivity index (χ3v) is 5.23.